The molecule has 0 aromatic carbocycles. The van der Waals surface area contributed by atoms with Crippen LogP contribution in [0.4, 0.5) is 0 Å². The topological polar surface area (TPSA) is 99.1 Å². The first-order valence-electron chi connectivity index (χ1n) is 10.8. The molecule has 0 saturated carbocycles. The number of ketones is 1. The van der Waals surface area contributed by atoms with Gasteiger partial charge < -0.3 is 14.0 Å². The normalized spacial score (nSPS) is 11.5. The Morgan fingerprint density at radius 2 is 1.88 bits per heavy atom. The Balaban J connectivity index is 1.74. The molecule has 3 aromatic rings. The SMILES string of the molecule is COCCn1c(C)cc(/C=C(\C#N)C(=O)OCC(=O)c2cc(C)n(-c3nc(C)cs3)c2C)c1C. The number of hydrogen-bond donors (Lipinski definition) is 0. The number of aromatic nitrogens is 3. The molecule has 0 bridgehead atoms. The number of thiazole rings is 1. The van der Waals surface area contributed by atoms with Gasteiger partial charge in [0.15, 0.2) is 11.7 Å². The molecule has 0 N–H and O–H groups in total. The van der Waals surface area contributed by atoms with Gasteiger partial charge in [0, 0.05) is 47.4 Å². The largest absolute Gasteiger partial charge is 0.453 e. The summed E-state index contributed by atoms with van der Waals surface area (Å²) in [4.78, 5) is 29.9. The van der Waals surface area contributed by atoms with Gasteiger partial charge in [0.2, 0.25) is 5.78 Å². The minimum atomic E-state index is -0.832. The molecular weight excluding hydrogens is 452 g/mol. The van der Waals surface area contributed by atoms with Crippen molar-refractivity contribution in [3.8, 4) is 11.2 Å². The lowest BCUT2D eigenvalue weighted by Gasteiger charge is -2.08. The molecule has 0 unspecified atom stereocenters. The fraction of sp³-hybridized carbons (Fsp3) is 0.360. The Morgan fingerprint density at radius 1 is 1.15 bits per heavy atom. The summed E-state index contributed by atoms with van der Waals surface area (Å²) in [5.41, 5.74) is 5.45. The Hall–Kier alpha value is -3.48. The Kier molecular flexibility index (Phi) is 7.87. The molecule has 0 fully saturated rings. The summed E-state index contributed by atoms with van der Waals surface area (Å²) < 4.78 is 14.3. The monoisotopic (exact) mass is 480 g/mol. The summed E-state index contributed by atoms with van der Waals surface area (Å²) >= 11 is 1.49. The zero-order chi connectivity index (χ0) is 25.0. The van der Waals surface area contributed by atoms with Gasteiger partial charge in [-0.25, -0.2) is 9.78 Å². The summed E-state index contributed by atoms with van der Waals surface area (Å²) in [5.74, 6) is -1.17. The zero-order valence-corrected chi connectivity index (χ0v) is 21.1. The number of nitrogens with zero attached hydrogens (tertiary/aromatic N) is 4. The molecule has 34 heavy (non-hydrogen) atoms. The van der Waals surface area contributed by atoms with Crippen LogP contribution in [0, 0.1) is 45.9 Å². The maximum Gasteiger partial charge on any atom is 0.349 e. The van der Waals surface area contributed by atoms with Crippen molar-refractivity contribution in [3.63, 3.8) is 0 Å². The molecule has 178 valence electrons. The lowest BCUT2D eigenvalue weighted by Crippen LogP contribution is -2.16. The number of Topliss-reactive ketones (excluding diaryl/α,β-unsaturated/α-hetero) is 1. The van der Waals surface area contributed by atoms with E-state index in [-0.39, 0.29) is 11.4 Å². The second-order valence-electron chi connectivity index (χ2n) is 8.03. The molecule has 0 radical (unpaired) electrons. The van der Waals surface area contributed by atoms with Crippen LogP contribution in [0.3, 0.4) is 0 Å². The van der Waals surface area contributed by atoms with Crippen LogP contribution in [0.1, 0.15) is 44.4 Å². The molecule has 0 amide bonds. The van der Waals surface area contributed by atoms with Crippen LogP contribution in [-0.2, 0) is 20.8 Å². The fourth-order valence-electron chi connectivity index (χ4n) is 3.86. The van der Waals surface area contributed by atoms with E-state index in [0.717, 1.165) is 39.2 Å². The molecule has 0 saturated heterocycles. The third-order valence-electron chi connectivity index (χ3n) is 5.64. The molecule has 0 aliphatic heterocycles. The summed E-state index contributed by atoms with van der Waals surface area (Å²) in [6.07, 6.45) is 1.50. The third kappa shape index (κ3) is 5.19. The number of methoxy groups -OCH3 is 1. The van der Waals surface area contributed by atoms with E-state index in [1.807, 2.05) is 56.7 Å². The van der Waals surface area contributed by atoms with E-state index in [9.17, 15) is 14.9 Å². The average molecular weight is 481 g/mol. The number of ether oxygens (including phenoxy) is 2. The summed E-state index contributed by atoms with van der Waals surface area (Å²) in [7, 11) is 1.64. The quantitative estimate of drug-likeness (QED) is 0.196. The van der Waals surface area contributed by atoms with E-state index in [2.05, 4.69) is 9.55 Å². The maximum atomic E-state index is 12.8. The van der Waals surface area contributed by atoms with Gasteiger partial charge in [0.1, 0.15) is 11.6 Å². The van der Waals surface area contributed by atoms with Crippen molar-refractivity contribution in [1.82, 2.24) is 14.1 Å². The van der Waals surface area contributed by atoms with E-state index in [4.69, 9.17) is 9.47 Å². The van der Waals surface area contributed by atoms with Gasteiger partial charge in [-0.15, -0.1) is 11.3 Å². The van der Waals surface area contributed by atoms with Gasteiger partial charge in [-0.2, -0.15) is 5.26 Å². The van der Waals surface area contributed by atoms with Crippen molar-refractivity contribution >= 4 is 29.2 Å². The van der Waals surface area contributed by atoms with Gasteiger partial charge in [-0.1, -0.05) is 0 Å². The molecular formula is C25H28N4O4S. The first-order valence-corrected chi connectivity index (χ1v) is 11.6. The van der Waals surface area contributed by atoms with Crippen LogP contribution in [0.25, 0.3) is 11.2 Å². The van der Waals surface area contributed by atoms with Gasteiger partial charge in [0.05, 0.1) is 12.3 Å². The molecule has 0 spiro atoms. The highest BCUT2D eigenvalue weighted by molar-refractivity contribution is 7.12. The van der Waals surface area contributed by atoms with Gasteiger partial charge in [0.25, 0.3) is 0 Å². The summed E-state index contributed by atoms with van der Waals surface area (Å²) in [6, 6.07) is 5.55. The van der Waals surface area contributed by atoms with Gasteiger partial charge in [-0.3, -0.25) is 9.36 Å². The van der Waals surface area contributed by atoms with Gasteiger partial charge in [-0.05, 0) is 58.4 Å². The molecule has 3 rings (SSSR count). The Labute approximate surface area is 203 Å². The minimum absolute atomic E-state index is 0.163. The van der Waals surface area contributed by atoms with Crippen LogP contribution in [0.15, 0.2) is 23.1 Å². The Morgan fingerprint density at radius 3 is 2.50 bits per heavy atom. The highest BCUT2D eigenvalue weighted by Crippen LogP contribution is 2.24. The number of nitriles is 1. The number of esters is 1. The van der Waals surface area contributed by atoms with Crippen molar-refractivity contribution in [3.05, 3.63) is 62.7 Å². The summed E-state index contributed by atoms with van der Waals surface area (Å²) in [5, 5.41) is 12.2. The van der Waals surface area contributed by atoms with Crippen LogP contribution >= 0.6 is 11.3 Å². The molecule has 0 atom stereocenters. The molecule has 0 aliphatic rings. The first kappa shape index (κ1) is 25.1. The van der Waals surface area contributed by atoms with Crippen molar-refractivity contribution in [2.24, 2.45) is 0 Å². The first-order chi connectivity index (χ1) is 16.2. The minimum Gasteiger partial charge on any atom is -0.453 e. The average Bonchev–Trinajstić information content (AvgIpc) is 3.43. The van der Waals surface area contributed by atoms with E-state index >= 15 is 0 Å². The van der Waals surface area contributed by atoms with Gasteiger partial charge >= 0.3 is 5.97 Å². The molecule has 8 nitrogen and oxygen atoms in total. The molecule has 3 heterocycles. The smallest absolute Gasteiger partial charge is 0.349 e. The van der Waals surface area contributed by atoms with Crippen molar-refractivity contribution < 1.29 is 19.1 Å². The van der Waals surface area contributed by atoms with Crippen LogP contribution in [0.2, 0.25) is 0 Å². The predicted octanol–water partition coefficient (Wildman–Crippen LogP) is 4.26. The predicted molar refractivity (Wildman–Crippen MR) is 130 cm³/mol. The van der Waals surface area contributed by atoms with Crippen molar-refractivity contribution in [2.45, 2.75) is 41.2 Å². The van der Waals surface area contributed by atoms with E-state index in [0.29, 0.717) is 18.7 Å². The van der Waals surface area contributed by atoms with E-state index in [1.54, 1.807) is 13.2 Å². The zero-order valence-electron chi connectivity index (χ0n) is 20.3. The van der Waals surface area contributed by atoms with E-state index < -0.39 is 12.6 Å². The molecule has 0 aliphatic carbocycles. The van der Waals surface area contributed by atoms with Crippen LogP contribution < -0.4 is 0 Å². The lowest BCUT2D eigenvalue weighted by molar-refractivity contribution is -0.137. The summed E-state index contributed by atoms with van der Waals surface area (Å²) in [6.45, 7) is 10.3. The second-order valence-corrected chi connectivity index (χ2v) is 8.87. The van der Waals surface area contributed by atoms with Crippen LogP contribution in [0.5, 0.6) is 0 Å². The number of hydrogen-bond acceptors (Lipinski definition) is 7. The maximum absolute atomic E-state index is 12.8. The van der Waals surface area contributed by atoms with Crippen molar-refractivity contribution in [1.29, 1.82) is 5.26 Å². The molecule has 3 aromatic heterocycles. The fourth-order valence-corrected chi connectivity index (χ4v) is 4.77. The highest BCUT2D eigenvalue weighted by atomic mass is 32.1. The number of carbonyl (C=O) groups is 2. The Bertz CT molecular complexity index is 1300. The number of rotatable bonds is 9. The lowest BCUT2D eigenvalue weighted by atomic mass is 10.1. The third-order valence-corrected chi connectivity index (χ3v) is 6.58. The second kappa shape index (κ2) is 10.6. The molecule has 9 heteroatoms. The standard InChI is InChI=1S/C25H28N4O4S/c1-15-14-34-25(27-15)29-17(3)10-22(19(29)5)23(30)13-33-24(31)21(12-26)11-20-9-16(2)28(18(20)4)7-8-32-6/h9-11,14H,7-8,13H2,1-6H3/b21-11+. The number of carbonyl (C=O) groups excluding carboxylic acids is 2. The van der Waals surface area contributed by atoms with Crippen molar-refractivity contribution in [2.75, 3.05) is 20.3 Å². The highest BCUT2D eigenvalue weighted by Gasteiger charge is 2.21. The van der Waals surface area contributed by atoms with Crippen LogP contribution in [-0.4, -0.2) is 46.2 Å². The number of aryl methyl sites for hydroxylation is 3. The van der Waals surface area contributed by atoms with E-state index in [1.165, 1.54) is 17.4 Å².